The van der Waals surface area contributed by atoms with Gasteiger partial charge < -0.3 is 15.8 Å². The fraction of sp³-hybridized carbons (Fsp3) is 0.923. The molecule has 0 heterocycles. The van der Waals surface area contributed by atoms with Crippen LogP contribution in [0.2, 0.25) is 0 Å². The van der Waals surface area contributed by atoms with Crippen molar-refractivity contribution in [1.82, 2.24) is 5.32 Å². The largest absolute Gasteiger partial charge is 0.383 e. The number of hydrogen-bond donors (Lipinski definition) is 2. The minimum absolute atomic E-state index is 0. The van der Waals surface area contributed by atoms with Gasteiger partial charge in [0, 0.05) is 13.2 Å². The minimum atomic E-state index is -0.554. The number of ether oxygens (including phenoxy) is 1. The highest BCUT2D eigenvalue weighted by molar-refractivity contribution is 5.85. The van der Waals surface area contributed by atoms with Crippen molar-refractivity contribution >= 4 is 18.3 Å². The molecule has 4 nitrogen and oxygen atoms in total. The summed E-state index contributed by atoms with van der Waals surface area (Å²) < 4.78 is 4.89. The van der Waals surface area contributed by atoms with Crippen LogP contribution in [0.5, 0.6) is 0 Å². The van der Waals surface area contributed by atoms with Gasteiger partial charge in [-0.3, -0.25) is 4.79 Å². The van der Waals surface area contributed by atoms with E-state index in [4.69, 9.17) is 10.5 Å². The van der Waals surface area contributed by atoms with Crippen LogP contribution in [0.15, 0.2) is 0 Å². The van der Waals surface area contributed by atoms with Crippen molar-refractivity contribution in [3.05, 3.63) is 0 Å². The summed E-state index contributed by atoms with van der Waals surface area (Å²) in [6.45, 7) is 7.06. The lowest BCUT2D eigenvalue weighted by Crippen LogP contribution is -2.51. The Kier molecular flexibility index (Phi) is 7.18. The van der Waals surface area contributed by atoms with E-state index < -0.39 is 6.04 Å². The van der Waals surface area contributed by atoms with Crippen LogP contribution in [0, 0.1) is 11.3 Å². The Balaban J connectivity index is 0.00000289. The zero-order valence-electron chi connectivity index (χ0n) is 11.9. The Hall–Kier alpha value is -0.320. The van der Waals surface area contributed by atoms with Crippen molar-refractivity contribution in [2.24, 2.45) is 17.1 Å². The van der Waals surface area contributed by atoms with Crippen LogP contribution in [0.3, 0.4) is 0 Å². The molecule has 0 aliphatic heterocycles. The SMILES string of the molecule is COCC(N)C(=O)NC1CCC(C)(C)CC1C.Cl. The third-order valence-electron chi connectivity index (χ3n) is 3.70. The van der Waals surface area contributed by atoms with Crippen molar-refractivity contribution in [3.8, 4) is 0 Å². The van der Waals surface area contributed by atoms with E-state index in [0.717, 1.165) is 19.3 Å². The fourth-order valence-electron chi connectivity index (χ4n) is 2.71. The normalized spacial score (nSPS) is 28.1. The molecule has 0 spiro atoms. The average molecular weight is 279 g/mol. The number of halogens is 1. The molecule has 0 aromatic carbocycles. The van der Waals surface area contributed by atoms with Gasteiger partial charge in [0.05, 0.1) is 6.61 Å². The van der Waals surface area contributed by atoms with Crippen molar-refractivity contribution in [2.45, 2.75) is 52.1 Å². The van der Waals surface area contributed by atoms with Crippen LogP contribution >= 0.6 is 12.4 Å². The topological polar surface area (TPSA) is 64.3 Å². The number of amides is 1. The summed E-state index contributed by atoms with van der Waals surface area (Å²) in [6, 6.07) is -0.291. The number of nitrogens with one attached hydrogen (secondary N) is 1. The summed E-state index contributed by atoms with van der Waals surface area (Å²) in [6.07, 6.45) is 3.35. The van der Waals surface area contributed by atoms with E-state index in [9.17, 15) is 4.79 Å². The lowest BCUT2D eigenvalue weighted by molar-refractivity contribution is -0.125. The van der Waals surface area contributed by atoms with E-state index >= 15 is 0 Å². The van der Waals surface area contributed by atoms with E-state index in [1.807, 2.05) is 0 Å². The van der Waals surface area contributed by atoms with Gasteiger partial charge in [-0.1, -0.05) is 20.8 Å². The summed E-state index contributed by atoms with van der Waals surface area (Å²) in [7, 11) is 1.55. The van der Waals surface area contributed by atoms with Gasteiger partial charge in [0.15, 0.2) is 0 Å². The maximum absolute atomic E-state index is 11.8. The van der Waals surface area contributed by atoms with Crippen LogP contribution in [0.1, 0.15) is 40.0 Å². The first kappa shape index (κ1) is 17.7. The molecule has 1 rings (SSSR count). The van der Waals surface area contributed by atoms with Gasteiger partial charge >= 0.3 is 0 Å². The Labute approximate surface area is 116 Å². The predicted molar refractivity (Wildman–Crippen MR) is 75.8 cm³/mol. The van der Waals surface area contributed by atoms with Crippen molar-refractivity contribution in [1.29, 1.82) is 0 Å². The van der Waals surface area contributed by atoms with Gasteiger partial charge in [-0.2, -0.15) is 0 Å². The Bertz CT molecular complexity index is 272. The summed E-state index contributed by atoms with van der Waals surface area (Å²) in [5, 5.41) is 3.05. The standard InChI is InChI=1S/C13H26N2O2.ClH/c1-9-7-13(2,3)6-5-11(9)15-12(16)10(14)8-17-4;/h9-11H,5-8,14H2,1-4H3,(H,15,16);1H. The molecule has 5 heteroatoms. The minimum Gasteiger partial charge on any atom is -0.383 e. The van der Waals surface area contributed by atoms with Crippen LogP contribution in [-0.4, -0.2) is 31.7 Å². The number of methoxy groups -OCH3 is 1. The first-order valence-electron chi connectivity index (χ1n) is 6.40. The van der Waals surface area contributed by atoms with Gasteiger partial charge in [0.2, 0.25) is 5.91 Å². The first-order chi connectivity index (χ1) is 7.85. The first-order valence-corrected chi connectivity index (χ1v) is 6.40. The number of rotatable bonds is 4. The van der Waals surface area contributed by atoms with Gasteiger partial charge in [-0.25, -0.2) is 0 Å². The highest BCUT2D eigenvalue weighted by Crippen LogP contribution is 2.38. The van der Waals surface area contributed by atoms with Gasteiger partial charge in [-0.05, 0) is 30.6 Å². The molecule has 1 fully saturated rings. The molecule has 1 aliphatic rings. The van der Waals surface area contributed by atoms with Crippen molar-refractivity contribution in [3.63, 3.8) is 0 Å². The quantitative estimate of drug-likeness (QED) is 0.823. The highest BCUT2D eigenvalue weighted by atomic mass is 35.5. The van der Waals surface area contributed by atoms with E-state index in [0.29, 0.717) is 11.3 Å². The van der Waals surface area contributed by atoms with Crippen LogP contribution in [0.25, 0.3) is 0 Å². The maximum atomic E-state index is 11.8. The summed E-state index contributed by atoms with van der Waals surface area (Å²) in [5.74, 6) is 0.417. The fourth-order valence-corrected chi connectivity index (χ4v) is 2.71. The lowest BCUT2D eigenvalue weighted by Gasteiger charge is -2.39. The van der Waals surface area contributed by atoms with E-state index in [1.54, 1.807) is 7.11 Å². The molecule has 1 aliphatic carbocycles. The molecule has 3 unspecified atom stereocenters. The molecule has 1 saturated carbocycles. The Morgan fingerprint density at radius 3 is 2.67 bits per heavy atom. The summed E-state index contributed by atoms with van der Waals surface area (Å²) in [5.41, 5.74) is 6.10. The van der Waals surface area contributed by atoms with E-state index in [-0.39, 0.29) is 31.0 Å². The second-order valence-electron chi connectivity index (χ2n) is 6.06. The molecule has 1 amide bonds. The van der Waals surface area contributed by atoms with E-state index in [2.05, 4.69) is 26.1 Å². The van der Waals surface area contributed by atoms with Crippen LogP contribution < -0.4 is 11.1 Å². The molecule has 0 aromatic rings. The third kappa shape index (κ3) is 5.12. The molecule has 0 aromatic heterocycles. The van der Waals surface area contributed by atoms with Gasteiger partial charge in [-0.15, -0.1) is 12.4 Å². The smallest absolute Gasteiger partial charge is 0.239 e. The highest BCUT2D eigenvalue weighted by Gasteiger charge is 2.33. The van der Waals surface area contributed by atoms with Gasteiger partial charge in [0.1, 0.15) is 6.04 Å². The summed E-state index contributed by atoms with van der Waals surface area (Å²) in [4.78, 5) is 11.8. The number of carbonyl (C=O) groups is 1. The number of carbonyl (C=O) groups excluding carboxylic acids is 1. The zero-order chi connectivity index (χ0) is 13.1. The molecule has 18 heavy (non-hydrogen) atoms. The maximum Gasteiger partial charge on any atom is 0.239 e. The molecule has 3 atom stereocenters. The molecule has 108 valence electrons. The molecular formula is C13H27ClN2O2. The number of hydrogen-bond acceptors (Lipinski definition) is 3. The van der Waals surface area contributed by atoms with E-state index in [1.165, 1.54) is 0 Å². The Morgan fingerprint density at radius 1 is 1.56 bits per heavy atom. The molecule has 0 bridgehead atoms. The molecule has 3 N–H and O–H groups in total. The van der Waals surface area contributed by atoms with Crippen LogP contribution in [0.4, 0.5) is 0 Å². The third-order valence-corrected chi connectivity index (χ3v) is 3.70. The second-order valence-corrected chi connectivity index (χ2v) is 6.06. The average Bonchev–Trinajstić information content (AvgIpc) is 2.21. The van der Waals surface area contributed by atoms with Crippen molar-refractivity contribution < 1.29 is 9.53 Å². The molecular weight excluding hydrogens is 252 g/mol. The zero-order valence-corrected chi connectivity index (χ0v) is 12.7. The van der Waals surface area contributed by atoms with Crippen LogP contribution in [-0.2, 0) is 9.53 Å². The second kappa shape index (κ2) is 7.31. The Morgan fingerprint density at radius 2 is 2.17 bits per heavy atom. The predicted octanol–water partition coefficient (Wildman–Crippen LogP) is 1.71. The van der Waals surface area contributed by atoms with Crippen molar-refractivity contribution in [2.75, 3.05) is 13.7 Å². The van der Waals surface area contributed by atoms with Gasteiger partial charge in [0.25, 0.3) is 0 Å². The monoisotopic (exact) mass is 278 g/mol. The summed E-state index contributed by atoms with van der Waals surface area (Å²) >= 11 is 0. The molecule has 0 radical (unpaired) electrons. The lowest BCUT2D eigenvalue weighted by atomic mass is 9.70. The number of nitrogens with two attached hydrogens (primary N) is 1. The molecule has 0 saturated heterocycles.